The summed E-state index contributed by atoms with van der Waals surface area (Å²) < 4.78 is 5.21. The van der Waals surface area contributed by atoms with Gasteiger partial charge in [0.1, 0.15) is 0 Å². The largest absolute Gasteiger partial charge is 0.380 e. The molecule has 0 fully saturated rings. The molecule has 19 heavy (non-hydrogen) atoms. The van der Waals surface area contributed by atoms with Crippen LogP contribution in [-0.2, 0) is 4.74 Å². The molecule has 0 radical (unpaired) electrons. The fraction of sp³-hybridized carbons (Fsp3) is 0.647. The summed E-state index contributed by atoms with van der Waals surface area (Å²) >= 11 is 0. The molecule has 0 bridgehead atoms. The zero-order valence-corrected chi connectivity index (χ0v) is 14.6. The minimum absolute atomic E-state index is 0.670. The molecule has 0 rings (SSSR count). The highest BCUT2D eigenvalue weighted by Crippen LogP contribution is 2.29. The van der Waals surface area contributed by atoms with E-state index < -0.39 is 8.07 Å². The van der Waals surface area contributed by atoms with Gasteiger partial charge in [-0.25, -0.2) is 0 Å². The number of rotatable bonds is 10. The molecule has 0 unspecified atom stereocenters. The quantitative estimate of drug-likeness (QED) is 0.378. The molecular formula is C17H32OSi. The fourth-order valence-electron chi connectivity index (χ4n) is 2.37. The third-order valence-electron chi connectivity index (χ3n) is 3.33. The van der Waals surface area contributed by atoms with Crippen LogP contribution in [0.4, 0.5) is 0 Å². The average molecular weight is 281 g/mol. The molecule has 0 aliphatic rings. The fourth-order valence-corrected chi connectivity index (χ4v) is 4.43. The zero-order valence-electron chi connectivity index (χ0n) is 13.6. The van der Waals surface area contributed by atoms with E-state index in [1.165, 1.54) is 24.8 Å². The predicted octanol–water partition coefficient (Wildman–Crippen LogP) is 5.52. The van der Waals surface area contributed by atoms with Crippen LogP contribution in [0.3, 0.4) is 0 Å². The van der Waals surface area contributed by atoms with Crippen LogP contribution in [0.15, 0.2) is 35.6 Å². The van der Waals surface area contributed by atoms with Crippen molar-refractivity contribution in [2.45, 2.75) is 58.7 Å². The van der Waals surface area contributed by atoms with Gasteiger partial charge in [0.05, 0.1) is 14.7 Å². The molecule has 0 aliphatic carbocycles. The van der Waals surface area contributed by atoms with Crippen molar-refractivity contribution >= 4 is 8.07 Å². The van der Waals surface area contributed by atoms with Gasteiger partial charge in [0.2, 0.25) is 0 Å². The first kappa shape index (κ1) is 18.4. The molecule has 0 amide bonds. The first-order valence-corrected chi connectivity index (χ1v) is 10.8. The molecule has 2 heteroatoms. The van der Waals surface area contributed by atoms with E-state index in [-0.39, 0.29) is 0 Å². The zero-order chi connectivity index (χ0) is 14.9. The summed E-state index contributed by atoms with van der Waals surface area (Å²) in [6, 6.07) is 0. The number of ether oxygens (including phenoxy) is 1. The van der Waals surface area contributed by atoms with Gasteiger partial charge in [-0.2, -0.15) is 0 Å². The van der Waals surface area contributed by atoms with Crippen LogP contribution in [0.1, 0.15) is 39.0 Å². The smallest absolute Gasteiger partial charge is 0.0728 e. The molecule has 0 aromatic carbocycles. The Morgan fingerprint density at radius 2 is 1.89 bits per heavy atom. The van der Waals surface area contributed by atoms with Gasteiger partial charge >= 0.3 is 0 Å². The topological polar surface area (TPSA) is 9.23 Å². The highest BCUT2D eigenvalue weighted by atomic mass is 28.3. The number of hydrogen-bond acceptors (Lipinski definition) is 1. The second kappa shape index (κ2) is 9.32. The van der Waals surface area contributed by atoms with Gasteiger partial charge in [0.15, 0.2) is 0 Å². The maximum absolute atomic E-state index is 5.21. The summed E-state index contributed by atoms with van der Waals surface area (Å²) in [5, 5.41) is 1.66. The molecule has 0 saturated carbocycles. The van der Waals surface area contributed by atoms with Crippen LogP contribution in [-0.4, -0.2) is 21.8 Å². The molecule has 1 nitrogen and oxygen atoms in total. The van der Waals surface area contributed by atoms with Crippen LogP contribution in [0.2, 0.25) is 19.6 Å². The van der Waals surface area contributed by atoms with Gasteiger partial charge in [-0.1, -0.05) is 56.4 Å². The molecule has 0 aromatic heterocycles. The second-order valence-electron chi connectivity index (χ2n) is 6.29. The van der Waals surface area contributed by atoms with Crippen molar-refractivity contribution in [3.63, 3.8) is 0 Å². The third-order valence-corrected chi connectivity index (χ3v) is 5.67. The number of allylic oxidation sites excluding steroid dienone is 3. The van der Waals surface area contributed by atoms with Gasteiger partial charge in [0.25, 0.3) is 0 Å². The van der Waals surface area contributed by atoms with Crippen molar-refractivity contribution in [1.82, 2.24) is 0 Å². The molecule has 0 N–H and O–H groups in total. The lowest BCUT2D eigenvalue weighted by Gasteiger charge is -2.26. The Bertz CT molecular complexity index is 321. The monoisotopic (exact) mass is 280 g/mol. The predicted molar refractivity (Wildman–Crippen MR) is 90.3 cm³/mol. The second-order valence-corrected chi connectivity index (χ2v) is 11.4. The third kappa shape index (κ3) is 7.53. The van der Waals surface area contributed by atoms with Crippen molar-refractivity contribution in [2.75, 3.05) is 13.7 Å². The summed E-state index contributed by atoms with van der Waals surface area (Å²) in [6.07, 6.45) is 7.81. The Balaban J connectivity index is 5.22. The van der Waals surface area contributed by atoms with E-state index >= 15 is 0 Å². The van der Waals surface area contributed by atoms with Crippen molar-refractivity contribution in [2.24, 2.45) is 0 Å². The van der Waals surface area contributed by atoms with E-state index in [2.05, 4.69) is 39.7 Å². The van der Waals surface area contributed by atoms with Gasteiger partial charge < -0.3 is 4.74 Å². The molecule has 0 atom stereocenters. The van der Waals surface area contributed by atoms with Crippen LogP contribution in [0, 0.1) is 0 Å². The van der Waals surface area contributed by atoms with Crippen molar-refractivity contribution in [3.8, 4) is 0 Å². The van der Waals surface area contributed by atoms with E-state index in [4.69, 9.17) is 4.74 Å². The Hall–Kier alpha value is -0.603. The minimum atomic E-state index is -1.31. The van der Waals surface area contributed by atoms with Crippen molar-refractivity contribution < 1.29 is 4.74 Å². The summed E-state index contributed by atoms with van der Waals surface area (Å²) in [5.41, 5.74) is 2.80. The summed E-state index contributed by atoms with van der Waals surface area (Å²) in [4.78, 5) is 0. The van der Waals surface area contributed by atoms with Gasteiger partial charge in [0, 0.05) is 7.11 Å². The average Bonchev–Trinajstić information content (AvgIpc) is 2.31. The van der Waals surface area contributed by atoms with E-state index in [9.17, 15) is 0 Å². The van der Waals surface area contributed by atoms with Gasteiger partial charge in [-0.15, -0.1) is 6.58 Å². The number of unbranched alkanes of at least 4 members (excludes halogenated alkanes) is 1. The van der Waals surface area contributed by atoms with Crippen LogP contribution < -0.4 is 0 Å². The lowest BCUT2D eigenvalue weighted by molar-refractivity contribution is 0.224. The van der Waals surface area contributed by atoms with E-state index in [1.54, 1.807) is 17.9 Å². The minimum Gasteiger partial charge on any atom is -0.380 e. The van der Waals surface area contributed by atoms with E-state index in [0.717, 1.165) is 12.8 Å². The highest BCUT2D eigenvalue weighted by molar-refractivity contribution is 6.83. The first-order chi connectivity index (χ1) is 8.86. The van der Waals surface area contributed by atoms with Crippen molar-refractivity contribution in [1.29, 1.82) is 0 Å². The Kier molecular flexibility index (Phi) is 9.03. The molecule has 0 aliphatic heterocycles. The Morgan fingerprint density at radius 3 is 2.32 bits per heavy atom. The molecule has 0 spiro atoms. The van der Waals surface area contributed by atoms with Crippen molar-refractivity contribution in [3.05, 3.63) is 35.6 Å². The lowest BCUT2D eigenvalue weighted by Crippen LogP contribution is -2.26. The highest BCUT2D eigenvalue weighted by Gasteiger charge is 2.23. The number of methoxy groups -OCH3 is 1. The maximum atomic E-state index is 5.21. The summed E-state index contributed by atoms with van der Waals surface area (Å²) in [5.74, 6) is 0. The first-order valence-electron chi connectivity index (χ1n) is 7.34. The molecule has 0 heterocycles. The Morgan fingerprint density at radius 1 is 1.26 bits per heavy atom. The lowest BCUT2D eigenvalue weighted by atomic mass is 10.0. The molecular weight excluding hydrogens is 248 g/mol. The van der Waals surface area contributed by atoms with Crippen LogP contribution >= 0.6 is 0 Å². The van der Waals surface area contributed by atoms with Gasteiger partial charge in [-0.3, -0.25) is 0 Å². The van der Waals surface area contributed by atoms with Gasteiger partial charge in [-0.05, 0) is 31.3 Å². The molecule has 110 valence electrons. The standard InChI is InChI=1S/C17H32OSi/c1-8-10-12-16(11-9-2)17(19(5,6)7)13-15(3)14-18-4/h9H,2-3,8,10-14H2,1,4-7H3/b17-16-. The molecule has 0 saturated heterocycles. The maximum Gasteiger partial charge on any atom is 0.0728 e. The normalized spacial score (nSPS) is 13.1. The SMILES string of the molecule is C=CC/C(CCCC)=C(\CC(=C)COC)[Si](C)(C)C. The number of hydrogen-bond donors (Lipinski definition) is 0. The van der Waals surface area contributed by atoms with Crippen LogP contribution in [0.25, 0.3) is 0 Å². The summed E-state index contributed by atoms with van der Waals surface area (Å²) in [6.45, 7) is 18.3. The van der Waals surface area contributed by atoms with E-state index in [1.807, 2.05) is 6.08 Å². The summed E-state index contributed by atoms with van der Waals surface area (Å²) in [7, 11) is 0.428. The van der Waals surface area contributed by atoms with Crippen LogP contribution in [0.5, 0.6) is 0 Å². The Labute approximate surface area is 121 Å². The molecule has 0 aromatic rings. The van der Waals surface area contributed by atoms with E-state index in [0.29, 0.717) is 6.61 Å².